The van der Waals surface area contributed by atoms with Crippen molar-refractivity contribution < 1.29 is 14.3 Å². The third-order valence-electron chi connectivity index (χ3n) is 3.67. The van der Waals surface area contributed by atoms with Crippen molar-refractivity contribution >= 4 is 12.3 Å². The summed E-state index contributed by atoms with van der Waals surface area (Å²) in [7, 11) is 1.37. The van der Waals surface area contributed by atoms with Gasteiger partial charge in [0.05, 0.1) is 18.4 Å². The zero-order chi connectivity index (χ0) is 15.4. The van der Waals surface area contributed by atoms with E-state index in [-0.39, 0.29) is 5.97 Å². The first-order valence-electron chi connectivity index (χ1n) is 6.92. The third kappa shape index (κ3) is 2.89. The average molecular weight is 285 g/mol. The number of methoxy groups -OCH3 is 1. The van der Waals surface area contributed by atoms with Crippen molar-refractivity contribution in [2.45, 2.75) is 26.8 Å². The van der Waals surface area contributed by atoms with Gasteiger partial charge >= 0.3 is 5.97 Å². The molecule has 0 aliphatic rings. The van der Waals surface area contributed by atoms with Crippen molar-refractivity contribution in [3.8, 4) is 0 Å². The van der Waals surface area contributed by atoms with E-state index in [1.807, 2.05) is 36.6 Å². The molecular weight excluding hydrogens is 266 g/mol. The van der Waals surface area contributed by atoms with E-state index < -0.39 is 0 Å². The number of esters is 1. The molecule has 0 spiro atoms. The Kier molecular flexibility index (Phi) is 4.58. The highest BCUT2D eigenvalue weighted by Gasteiger charge is 2.15. The van der Waals surface area contributed by atoms with Gasteiger partial charge in [0.15, 0.2) is 6.29 Å². The zero-order valence-electron chi connectivity index (χ0n) is 12.6. The van der Waals surface area contributed by atoms with Gasteiger partial charge in [-0.05, 0) is 36.6 Å². The van der Waals surface area contributed by atoms with E-state index in [2.05, 4.69) is 0 Å². The minimum Gasteiger partial charge on any atom is -0.465 e. The average Bonchev–Trinajstić information content (AvgIpc) is 2.82. The van der Waals surface area contributed by atoms with Crippen molar-refractivity contribution in [2.75, 3.05) is 7.11 Å². The molecule has 1 aromatic carbocycles. The van der Waals surface area contributed by atoms with Crippen LogP contribution in [0.25, 0.3) is 0 Å². The smallest absolute Gasteiger partial charge is 0.338 e. The molecule has 4 heteroatoms. The predicted molar refractivity (Wildman–Crippen MR) is 80.8 cm³/mol. The highest BCUT2D eigenvalue weighted by atomic mass is 16.5. The Morgan fingerprint density at radius 3 is 2.62 bits per heavy atom. The normalized spacial score (nSPS) is 10.4. The summed E-state index contributed by atoms with van der Waals surface area (Å²) in [6, 6.07) is 9.32. The lowest BCUT2D eigenvalue weighted by atomic mass is 10.1. The lowest BCUT2D eigenvalue weighted by Gasteiger charge is -2.12. The Morgan fingerprint density at radius 1 is 1.29 bits per heavy atom. The van der Waals surface area contributed by atoms with Gasteiger partial charge in [0.1, 0.15) is 0 Å². The molecule has 21 heavy (non-hydrogen) atoms. The number of aldehydes is 1. The second-order valence-electron chi connectivity index (χ2n) is 4.90. The quantitative estimate of drug-likeness (QED) is 0.626. The molecule has 4 nitrogen and oxygen atoms in total. The second-order valence-corrected chi connectivity index (χ2v) is 4.90. The van der Waals surface area contributed by atoms with E-state index >= 15 is 0 Å². The lowest BCUT2D eigenvalue weighted by molar-refractivity contribution is 0.0599. The van der Waals surface area contributed by atoms with Crippen molar-refractivity contribution in [3.05, 3.63) is 58.4 Å². The van der Waals surface area contributed by atoms with Crippen LogP contribution in [0.4, 0.5) is 0 Å². The molecule has 0 aliphatic heterocycles. The molecule has 1 heterocycles. The minimum absolute atomic E-state index is 0.362. The molecule has 2 aromatic rings. The Hall–Kier alpha value is -2.36. The number of aryl methyl sites for hydroxylation is 2. The van der Waals surface area contributed by atoms with E-state index in [0.29, 0.717) is 17.8 Å². The van der Waals surface area contributed by atoms with Crippen LogP contribution in [-0.4, -0.2) is 23.9 Å². The number of ether oxygens (including phenoxy) is 1. The molecule has 0 saturated heterocycles. The molecule has 0 unspecified atom stereocenters. The summed E-state index contributed by atoms with van der Waals surface area (Å²) in [6.45, 7) is 4.46. The number of benzene rings is 1. The molecule has 1 aromatic heterocycles. The van der Waals surface area contributed by atoms with Crippen LogP contribution in [0.1, 0.15) is 44.6 Å². The summed E-state index contributed by atoms with van der Waals surface area (Å²) < 4.78 is 6.75. The molecule has 0 N–H and O–H groups in total. The number of hydrogen-bond acceptors (Lipinski definition) is 3. The van der Waals surface area contributed by atoms with E-state index in [0.717, 1.165) is 29.5 Å². The summed E-state index contributed by atoms with van der Waals surface area (Å²) in [5.74, 6) is -0.362. The van der Waals surface area contributed by atoms with Crippen LogP contribution in [0.15, 0.2) is 30.3 Å². The molecule has 0 fully saturated rings. The minimum atomic E-state index is -0.362. The SMILES string of the molecule is CCc1cc(C)n(Cc2ccccc2C(=O)OC)c1C=O. The number of nitrogens with zero attached hydrogens (tertiary/aromatic N) is 1. The lowest BCUT2D eigenvalue weighted by Crippen LogP contribution is -2.11. The molecule has 0 amide bonds. The monoisotopic (exact) mass is 285 g/mol. The maximum atomic E-state index is 11.8. The van der Waals surface area contributed by atoms with Crippen LogP contribution in [0, 0.1) is 6.92 Å². The fourth-order valence-electron chi connectivity index (χ4n) is 2.54. The summed E-state index contributed by atoms with van der Waals surface area (Å²) >= 11 is 0. The van der Waals surface area contributed by atoms with Gasteiger partial charge in [-0.2, -0.15) is 0 Å². The van der Waals surface area contributed by atoms with E-state index in [9.17, 15) is 9.59 Å². The van der Waals surface area contributed by atoms with Gasteiger partial charge in [-0.3, -0.25) is 4.79 Å². The van der Waals surface area contributed by atoms with E-state index in [4.69, 9.17) is 4.74 Å². The number of hydrogen-bond donors (Lipinski definition) is 0. The second kappa shape index (κ2) is 6.39. The Morgan fingerprint density at radius 2 is 2.00 bits per heavy atom. The van der Waals surface area contributed by atoms with Gasteiger partial charge in [-0.1, -0.05) is 25.1 Å². The highest BCUT2D eigenvalue weighted by Crippen LogP contribution is 2.19. The van der Waals surface area contributed by atoms with Gasteiger partial charge in [0, 0.05) is 12.2 Å². The number of rotatable bonds is 5. The zero-order valence-corrected chi connectivity index (χ0v) is 12.6. The van der Waals surface area contributed by atoms with Gasteiger partial charge in [0.25, 0.3) is 0 Å². The van der Waals surface area contributed by atoms with Gasteiger partial charge in [-0.15, -0.1) is 0 Å². The summed E-state index contributed by atoms with van der Waals surface area (Å²) in [4.78, 5) is 23.2. The van der Waals surface area contributed by atoms with Crippen LogP contribution in [0.2, 0.25) is 0 Å². The molecule has 2 rings (SSSR count). The van der Waals surface area contributed by atoms with Gasteiger partial charge in [-0.25, -0.2) is 4.79 Å². The largest absolute Gasteiger partial charge is 0.465 e. The molecule has 0 radical (unpaired) electrons. The fraction of sp³-hybridized carbons (Fsp3) is 0.294. The molecule has 0 saturated carbocycles. The maximum absolute atomic E-state index is 11.8. The topological polar surface area (TPSA) is 48.3 Å². The predicted octanol–water partition coefficient (Wildman–Crippen LogP) is 3.01. The first kappa shape index (κ1) is 15.0. The standard InChI is InChI=1S/C17H19NO3/c1-4-13-9-12(2)18(16(13)11-19)10-14-7-5-6-8-15(14)17(20)21-3/h5-9,11H,4,10H2,1-3H3. The van der Waals surface area contributed by atoms with Gasteiger partial charge < -0.3 is 9.30 Å². The van der Waals surface area contributed by atoms with Crippen molar-refractivity contribution in [1.82, 2.24) is 4.57 Å². The number of aromatic nitrogens is 1. The third-order valence-corrected chi connectivity index (χ3v) is 3.67. The Bertz CT molecular complexity index is 671. The molecule has 0 bridgehead atoms. The first-order valence-corrected chi connectivity index (χ1v) is 6.92. The fourth-order valence-corrected chi connectivity index (χ4v) is 2.54. The van der Waals surface area contributed by atoms with Crippen LogP contribution in [-0.2, 0) is 17.7 Å². The van der Waals surface area contributed by atoms with E-state index in [1.165, 1.54) is 7.11 Å². The van der Waals surface area contributed by atoms with Crippen molar-refractivity contribution in [1.29, 1.82) is 0 Å². The van der Waals surface area contributed by atoms with Gasteiger partial charge in [0.2, 0.25) is 0 Å². The van der Waals surface area contributed by atoms with Crippen LogP contribution >= 0.6 is 0 Å². The molecule has 0 atom stereocenters. The van der Waals surface area contributed by atoms with Crippen LogP contribution in [0.5, 0.6) is 0 Å². The van der Waals surface area contributed by atoms with Crippen molar-refractivity contribution in [3.63, 3.8) is 0 Å². The molecule has 0 aliphatic carbocycles. The van der Waals surface area contributed by atoms with Crippen molar-refractivity contribution in [2.24, 2.45) is 0 Å². The Labute approximate surface area is 124 Å². The highest BCUT2D eigenvalue weighted by molar-refractivity contribution is 5.91. The summed E-state index contributed by atoms with van der Waals surface area (Å²) in [5, 5.41) is 0. The number of carbonyl (C=O) groups excluding carboxylic acids is 2. The van der Waals surface area contributed by atoms with E-state index in [1.54, 1.807) is 12.1 Å². The number of carbonyl (C=O) groups is 2. The summed E-state index contributed by atoms with van der Waals surface area (Å²) in [5.41, 5.74) is 4.08. The Balaban J connectivity index is 2.46. The van der Waals surface area contributed by atoms with Crippen LogP contribution < -0.4 is 0 Å². The summed E-state index contributed by atoms with van der Waals surface area (Å²) in [6.07, 6.45) is 1.69. The first-order chi connectivity index (χ1) is 10.1. The maximum Gasteiger partial charge on any atom is 0.338 e. The molecular formula is C17H19NO3. The van der Waals surface area contributed by atoms with Crippen LogP contribution in [0.3, 0.4) is 0 Å². The molecule has 110 valence electrons.